The van der Waals surface area contributed by atoms with Gasteiger partial charge in [0.15, 0.2) is 0 Å². The van der Waals surface area contributed by atoms with E-state index >= 15 is 0 Å². The molecule has 1 fully saturated rings. The van der Waals surface area contributed by atoms with Crippen LogP contribution in [0.2, 0.25) is 0 Å². The first-order valence-electron chi connectivity index (χ1n) is 8.01. The molecule has 0 aliphatic carbocycles. The van der Waals surface area contributed by atoms with Crippen LogP contribution in [-0.4, -0.2) is 24.0 Å². The predicted molar refractivity (Wildman–Crippen MR) is 93.2 cm³/mol. The van der Waals surface area contributed by atoms with Crippen molar-refractivity contribution in [3.63, 3.8) is 0 Å². The molecule has 1 amide bonds. The molecule has 23 heavy (non-hydrogen) atoms. The van der Waals surface area contributed by atoms with Crippen molar-refractivity contribution in [1.82, 2.24) is 10.3 Å². The van der Waals surface area contributed by atoms with Gasteiger partial charge in [0.05, 0.1) is 0 Å². The minimum Gasteiger partial charge on any atom is -0.323 e. The van der Waals surface area contributed by atoms with Crippen molar-refractivity contribution >= 4 is 17.7 Å². The number of piperidine rings is 1. The zero-order valence-corrected chi connectivity index (χ0v) is 13.0. The Morgan fingerprint density at radius 3 is 2.65 bits per heavy atom. The maximum Gasteiger partial charge on any atom is 0.248 e. The fourth-order valence-corrected chi connectivity index (χ4v) is 2.82. The maximum absolute atomic E-state index is 11.9. The summed E-state index contributed by atoms with van der Waals surface area (Å²) in [7, 11) is 0. The van der Waals surface area contributed by atoms with Gasteiger partial charge in [-0.3, -0.25) is 9.78 Å². The van der Waals surface area contributed by atoms with Gasteiger partial charge in [-0.2, -0.15) is 0 Å². The van der Waals surface area contributed by atoms with Crippen molar-refractivity contribution in [3.8, 4) is 0 Å². The molecule has 0 bridgehead atoms. The predicted octanol–water partition coefficient (Wildman–Crippen LogP) is 3.20. The largest absolute Gasteiger partial charge is 0.323 e. The first kappa shape index (κ1) is 15.4. The summed E-state index contributed by atoms with van der Waals surface area (Å²) in [6.07, 6.45) is 9.07. The molecule has 0 atom stereocenters. The third-order valence-corrected chi connectivity index (χ3v) is 4.10. The Bertz CT molecular complexity index is 659. The number of aromatic nitrogens is 1. The second-order valence-corrected chi connectivity index (χ2v) is 5.76. The molecule has 0 unspecified atom stereocenters. The Labute approximate surface area is 136 Å². The Morgan fingerprint density at radius 2 is 1.96 bits per heavy atom. The number of nitrogens with zero attached hydrogens (tertiary/aromatic N) is 1. The van der Waals surface area contributed by atoms with Crippen LogP contribution < -0.4 is 10.6 Å². The fourth-order valence-electron chi connectivity index (χ4n) is 2.82. The van der Waals surface area contributed by atoms with Gasteiger partial charge in [0.1, 0.15) is 0 Å². The highest BCUT2D eigenvalue weighted by molar-refractivity contribution is 6.01. The minimum absolute atomic E-state index is 0.136. The maximum atomic E-state index is 11.9. The van der Waals surface area contributed by atoms with Gasteiger partial charge < -0.3 is 10.6 Å². The van der Waals surface area contributed by atoms with E-state index in [0.29, 0.717) is 5.92 Å². The first-order chi connectivity index (χ1) is 11.3. The third-order valence-electron chi connectivity index (χ3n) is 4.10. The van der Waals surface area contributed by atoms with E-state index in [1.165, 1.54) is 24.5 Å². The molecule has 2 heterocycles. The Morgan fingerprint density at radius 1 is 1.17 bits per heavy atom. The van der Waals surface area contributed by atoms with E-state index in [1.807, 2.05) is 24.3 Å². The summed E-state index contributed by atoms with van der Waals surface area (Å²) in [5.41, 5.74) is 3.09. The molecule has 1 aliphatic rings. The van der Waals surface area contributed by atoms with Crippen LogP contribution in [-0.2, 0) is 4.79 Å². The number of carbonyl (C=O) groups excluding carboxylic acids is 1. The Balaban J connectivity index is 1.57. The summed E-state index contributed by atoms with van der Waals surface area (Å²) in [5, 5.41) is 6.26. The molecule has 2 aromatic rings. The lowest BCUT2D eigenvalue weighted by molar-refractivity contribution is -0.111. The number of pyridine rings is 1. The topological polar surface area (TPSA) is 54.0 Å². The van der Waals surface area contributed by atoms with Crippen molar-refractivity contribution in [2.75, 3.05) is 18.4 Å². The number of benzene rings is 1. The van der Waals surface area contributed by atoms with E-state index in [-0.39, 0.29) is 5.91 Å². The molecule has 1 saturated heterocycles. The van der Waals surface area contributed by atoms with Crippen molar-refractivity contribution in [2.24, 2.45) is 0 Å². The van der Waals surface area contributed by atoms with Crippen LogP contribution in [0, 0.1) is 0 Å². The number of amides is 1. The van der Waals surface area contributed by atoms with Gasteiger partial charge in [-0.05, 0) is 67.3 Å². The molecule has 118 valence electrons. The molecule has 1 aromatic carbocycles. The van der Waals surface area contributed by atoms with Gasteiger partial charge in [-0.1, -0.05) is 18.2 Å². The van der Waals surface area contributed by atoms with Gasteiger partial charge in [-0.25, -0.2) is 0 Å². The van der Waals surface area contributed by atoms with Crippen LogP contribution in [0.5, 0.6) is 0 Å². The van der Waals surface area contributed by atoms with Crippen LogP contribution >= 0.6 is 0 Å². The van der Waals surface area contributed by atoms with E-state index in [4.69, 9.17) is 0 Å². The van der Waals surface area contributed by atoms with Crippen LogP contribution in [0.3, 0.4) is 0 Å². The zero-order chi connectivity index (χ0) is 15.9. The van der Waals surface area contributed by atoms with Gasteiger partial charge in [0, 0.05) is 24.2 Å². The van der Waals surface area contributed by atoms with E-state index in [0.717, 1.165) is 24.3 Å². The average molecular weight is 307 g/mol. The van der Waals surface area contributed by atoms with E-state index in [9.17, 15) is 4.79 Å². The molecule has 1 aliphatic heterocycles. The molecule has 0 saturated carbocycles. The molecule has 1 aromatic heterocycles. The van der Waals surface area contributed by atoms with Crippen LogP contribution in [0.4, 0.5) is 5.69 Å². The molecule has 4 nitrogen and oxygen atoms in total. The quantitative estimate of drug-likeness (QED) is 0.853. The molecular weight excluding hydrogens is 286 g/mol. The van der Waals surface area contributed by atoms with Gasteiger partial charge in [0.2, 0.25) is 5.91 Å². The number of anilines is 1. The zero-order valence-electron chi connectivity index (χ0n) is 13.0. The highest BCUT2D eigenvalue weighted by Gasteiger charge is 2.14. The Hall–Kier alpha value is -2.46. The summed E-state index contributed by atoms with van der Waals surface area (Å²) in [6, 6.07) is 12.0. The van der Waals surface area contributed by atoms with Crippen LogP contribution in [0.25, 0.3) is 6.08 Å². The van der Waals surface area contributed by atoms with E-state index in [2.05, 4.69) is 27.8 Å². The lowest BCUT2D eigenvalue weighted by Gasteiger charge is -2.23. The van der Waals surface area contributed by atoms with Gasteiger partial charge in [0.25, 0.3) is 0 Å². The SMILES string of the molecule is O=C(/C=C/c1cccnc1)Nc1ccc(C2CCNCC2)cc1. The van der Waals surface area contributed by atoms with Crippen molar-refractivity contribution < 1.29 is 4.79 Å². The second kappa shape index (κ2) is 7.70. The van der Waals surface area contributed by atoms with Crippen LogP contribution in [0.1, 0.15) is 29.9 Å². The molecule has 0 radical (unpaired) electrons. The molecule has 3 rings (SSSR count). The standard InChI is InChI=1S/C19H21N3O/c23-19(8-3-15-2-1-11-21-14-15)22-18-6-4-16(5-7-18)17-9-12-20-13-10-17/h1-8,11,14,17,20H,9-10,12-13H2,(H,22,23)/b8-3+. The summed E-state index contributed by atoms with van der Waals surface area (Å²) >= 11 is 0. The third kappa shape index (κ3) is 4.50. The molecule has 2 N–H and O–H groups in total. The summed E-state index contributed by atoms with van der Waals surface area (Å²) < 4.78 is 0. The van der Waals surface area contributed by atoms with Crippen molar-refractivity contribution in [1.29, 1.82) is 0 Å². The van der Waals surface area contributed by atoms with Crippen LogP contribution in [0.15, 0.2) is 54.9 Å². The fraction of sp³-hybridized carbons (Fsp3) is 0.263. The number of hydrogen-bond donors (Lipinski definition) is 2. The van der Waals surface area contributed by atoms with E-state index < -0.39 is 0 Å². The molecule has 4 heteroatoms. The summed E-state index contributed by atoms with van der Waals surface area (Å²) in [5.74, 6) is 0.495. The lowest BCUT2D eigenvalue weighted by atomic mass is 9.90. The monoisotopic (exact) mass is 307 g/mol. The smallest absolute Gasteiger partial charge is 0.248 e. The normalized spacial score (nSPS) is 15.7. The highest BCUT2D eigenvalue weighted by Crippen LogP contribution is 2.26. The molecular formula is C19H21N3O. The van der Waals surface area contributed by atoms with Crippen molar-refractivity contribution in [3.05, 3.63) is 66.0 Å². The number of hydrogen-bond acceptors (Lipinski definition) is 3. The summed E-state index contributed by atoms with van der Waals surface area (Å²) in [6.45, 7) is 2.17. The second-order valence-electron chi connectivity index (χ2n) is 5.76. The number of carbonyl (C=O) groups is 1. The number of rotatable bonds is 4. The average Bonchev–Trinajstić information content (AvgIpc) is 2.62. The van der Waals surface area contributed by atoms with Crippen molar-refractivity contribution in [2.45, 2.75) is 18.8 Å². The highest BCUT2D eigenvalue weighted by atomic mass is 16.1. The number of nitrogens with one attached hydrogen (secondary N) is 2. The lowest BCUT2D eigenvalue weighted by Crippen LogP contribution is -2.26. The van der Waals surface area contributed by atoms with E-state index in [1.54, 1.807) is 18.5 Å². The van der Waals surface area contributed by atoms with Gasteiger partial charge in [-0.15, -0.1) is 0 Å². The van der Waals surface area contributed by atoms with Gasteiger partial charge >= 0.3 is 0 Å². The minimum atomic E-state index is -0.136. The Kier molecular flexibility index (Phi) is 5.17. The molecule has 0 spiro atoms. The first-order valence-corrected chi connectivity index (χ1v) is 8.01. The summed E-state index contributed by atoms with van der Waals surface area (Å²) in [4.78, 5) is 16.0.